The van der Waals surface area contributed by atoms with Crippen LogP contribution in [0, 0.1) is 13.8 Å². The molecule has 0 aliphatic heterocycles. The van der Waals surface area contributed by atoms with E-state index in [1.165, 1.54) is 11.3 Å². The summed E-state index contributed by atoms with van der Waals surface area (Å²) in [6.07, 6.45) is 1.70. The topological polar surface area (TPSA) is 72.7 Å². The van der Waals surface area contributed by atoms with Gasteiger partial charge in [0.25, 0.3) is 5.91 Å². The second-order valence-electron chi connectivity index (χ2n) is 5.32. The van der Waals surface area contributed by atoms with Crippen LogP contribution in [0.25, 0.3) is 5.65 Å². The number of ether oxygens (including phenoxy) is 1. The fourth-order valence-electron chi connectivity index (χ4n) is 2.38. The summed E-state index contributed by atoms with van der Waals surface area (Å²) in [6.45, 7) is 5.84. The molecule has 0 saturated heterocycles. The zero-order valence-electron chi connectivity index (χ0n) is 13.6. The Morgan fingerprint density at radius 1 is 1.33 bits per heavy atom. The monoisotopic (exact) mass is 343 g/mol. The molecule has 0 aliphatic carbocycles. The maximum Gasteiger partial charge on any atom is 0.348 e. The van der Waals surface area contributed by atoms with Gasteiger partial charge in [-0.1, -0.05) is 6.07 Å². The summed E-state index contributed by atoms with van der Waals surface area (Å²) < 4.78 is 6.87. The number of anilines is 1. The highest BCUT2D eigenvalue weighted by Gasteiger charge is 2.17. The summed E-state index contributed by atoms with van der Waals surface area (Å²) in [5.41, 5.74) is 2.82. The maximum atomic E-state index is 12.4. The third kappa shape index (κ3) is 3.03. The Morgan fingerprint density at radius 3 is 2.83 bits per heavy atom. The van der Waals surface area contributed by atoms with Crippen LogP contribution < -0.4 is 5.32 Å². The summed E-state index contributed by atoms with van der Waals surface area (Å²) in [6, 6.07) is 7.45. The lowest BCUT2D eigenvalue weighted by atomic mass is 10.3. The van der Waals surface area contributed by atoms with Crippen molar-refractivity contribution in [3.8, 4) is 0 Å². The van der Waals surface area contributed by atoms with Gasteiger partial charge < -0.3 is 14.5 Å². The van der Waals surface area contributed by atoms with Crippen molar-refractivity contribution in [2.75, 3.05) is 11.9 Å². The van der Waals surface area contributed by atoms with Crippen LogP contribution in [0.4, 0.5) is 5.00 Å². The first-order chi connectivity index (χ1) is 11.5. The molecule has 0 radical (unpaired) electrons. The molecule has 24 heavy (non-hydrogen) atoms. The molecule has 3 aromatic rings. The number of imidazole rings is 1. The molecule has 6 nitrogen and oxygen atoms in total. The van der Waals surface area contributed by atoms with E-state index in [2.05, 4.69) is 10.3 Å². The predicted octanol–water partition coefficient (Wildman–Crippen LogP) is 3.44. The van der Waals surface area contributed by atoms with E-state index in [4.69, 9.17) is 4.74 Å². The molecule has 3 aromatic heterocycles. The van der Waals surface area contributed by atoms with Crippen LogP contribution in [-0.4, -0.2) is 27.9 Å². The number of carbonyl (C=O) groups excluding carboxylic acids is 2. The number of hydrogen-bond donors (Lipinski definition) is 1. The zero-order chi connectivity index (χ0) is 17.3. The van der Waals surface area contributed by atoms with Crippen molar-refractivity contribution in [2.24, 2.45) is 0 Å². The van der Waals surface area contributed by atoms with E-state index in [1.807, 2.05) is 36.4 Å². The molecular weight excluding hydrogens is 326 g/mol. The van der Waals surface area contributed by atoms with Crippen molar-refractivity contribution in [2.45, 2.75) is 20.8 Å². The highest BCUT2D eigenvalue weighted by Crippen LogP contribution is 2.27. The molecule has 0 atom stereocenters. The van der Waals surface area contributed by atoms with Crippen LogP contribution in [0.1, 0.15) is 38.3 Å². The number of hydrogen-bond acceptors (Lipinski definition) is 5. The van der Waals surface area contributed by atoms with E-state index < -0.39 is 0 Å². The van der Waals surface area contributed by atoms with Crippen molar-refractivity contribution in [3.63, 3.8) is 0 Å². The van der Waals surface area contributed by atoms with Gasteiger partial charge in [-0.2, -0.15) is 0 Å². The van der Waals surface area contributed by atoms with Crippen molar-refractivity contribution in [3.05, 3.63) is 52.3 Å². The second kappa shape index (κ2) is 6.45. The van der Waals surface area contributed by atoms with Gasteiger partial charge in [0.2, 0.25) is 0 Å². The maximum absolute atomic E-state index is 12.4. The Hall–Kier alpha value is -2.67. The first-order valence-corrected chi connectivity index (χ1v) is 8.35. The standard InChI is InChI=1S/C17H17N3O3S/c1-4-23-17(22)15-10(2)8-14(24-15)19-16(21)12-9-20-11(3)6-5-7-13(20)18-12/h5-9H,4H2,1-3H3,(H,19,21). The summed E-state index contributed by atoms with van der Waals surface area (Å²) in [5, 5.41) is 3.38. The normalized spacial score (nSPS) is 10.8. The van der Waals surface area contributed by atoms with Crippen LogP contribution in [0.2, 0.25) is 0 Å². The van der Waals surface area contributed by atoms with E-state index in [1.54, 1.807) is 19.2 Å². The van der Waals surface area contributed by atoms with Gasteiger partial charge in [0, 0.05) is 11.9 Å². The van der Waals surface area contributed by atoms with Crippen molar-refractivity contribution in [1.82, 2.24) is 9.38 Å². The number of amides is 1. The minimum absolute atomic E-state index is 0.310. The number of rotatable bonds is 4. The molecule has 1 amide bonds. The van der Waals surface area contributed by atoms with E-state index in [9.17, 15) is 9.59 Å². The van der Waals surface area contributed by atoms with E-state index in [0.717, 1.165) is 16.9 Å². The summed E-state index contributed by atoms with van der Waals surface area (Å²) in [7, 11) is 0. The fraction of sp³-hybridized carbons (Fsp3) is 0.235. The molecule has 0 saturated carbocycles. The first-order valence-electron chi connectivity index (χ1n) is 7.53. The zero-order valence-corrected chi connectivity index (χ0v) is 14.4. The van der Waals surface area contributed by atoms with Crippen LogP contribution in [-0.2, 0) is 4.74 Å². The Morgan fingerprint density at radius 2 is 2.12 bits per heavy atom. The van der Waals surface area contributed by atoms with Crippen LogP contribution in [0.5, 0.6) is 0 Å². The van der Waals surface area contributed by atoms with Gasteiger partial charge in [-0.3, -0.25) is 4.79 Å². The minimum atomic E-state index is -0.371. The molecule has 0 fully saturated rings. The van der Waals surface area contributed by atoms with Gasteiger partial charge in [0.05, 0.1) is 11.6 Å². The molecule has 124 valence electrons. The van der Waals surface area contributed by atoms with Crippen LogP contribution in [0.15, 0.2) is 30.5 Å². The number of thiophene rings is 1. The smallest absolute Gasteiger partial charge is 0.348 e. The third-order valence-electron chi connectivity index (χ3n) is 3.54. The largest absolute Gasteiger partial charge is 0.462 e. The summed E-state index contributed by atoms with van der Waals surface area (Å²) >= 11 is 1.20. The van der Waals surface area contributed by atoms with Crippen LogP contribution in [0.3, 0.4) is 0 Å². The highest BCUT2D eigenvalue weighted by molar-refractivity contribution is 7.18. The summed E-state index contributed by atoms with van der Waals surface area (Å²) in [4.78, 5) is 29.1. The molecule has 3 heterocycles. The number of pyridine rings is 1. The molecule has 7 heteroatoms. The third-order valence-corrected chi connectivity index (χ3v) is 4.68. The lowest BCUT2D eigenvalue weighted by Crippen LogP contribution is -2.11. The van der Waals surface area contributed by atoms with E-state index >= 15 is 0 Å². The number of esters is 1. The van der Waals surface area contributed by atoms with Crippen molar-refractivity contribution in [1.29, 1.82) is 0 Å². The Balaban J connectivity index is 1.82. The SMILES string of the molecule is CCOC(=O)c1sc(NC(=O)c2cn3c(C)cccc3n2)cc1C. The second-order valence-corrected chi connectivity index (χ2v) is 6.37. The molecular formula is C17H17N3O3S. The van der Waals surface area contributed by atoms with Gasteiger partial charge in [0.15, 0.2) is 0 Å². The Labute approximate surface area is 143 Å². The lowest BCUT2D eigenvalue weighted by Gasteiger charge is -1.99. The minimum Gasteiger partial charge on any atom is -0.462 e. The molecule has 3 rings (SSSR count). The number of nitrogens with one attached hydrogen (secondary N) is 1. The lowest BCUT2D eigenvalue weighted by molar-refractivity contribution is 0.0531. The van der Waals surface area contributed by atoms with Crippen molar-refractivity contribution >= 4 is 33.9 Å². The first kappa shape index (κ1) is 16.2. The Bertz CT molecular complexity index is 926. The highest BCUT2D eigenvalue weighted by atomic mass is 32.1. The van der Waals surface area contributed by atoms with Gasteiger partial charge >= 0.3 is 5.97 Å². The number of aromatic nitrogens is 2. The average Bonchev–Trinajstić information content (AvgIpc) is 3.12. The predicted molar refractivity (Wildman–Crippen MR) is 92.9 cm³/mol. The van der Waals surface area contributed by atoms with E-state index in [0.29, 0.717) is 22.2 Å². The quantitative estimate of drug-likeness (QED) is 0.737. The van der Waals surface area contributed by atoms with Gasteiger partial charge in [-0.05, 0) is 44.5 Å². The molecule has 0 aliphatic rings. The Kier molecular flexibility index (Phi) is 4.35. The molecule has 1 N–H and O–H groups in total. The number of nitrogens with zero attached hydrogens (tertiary/aromatic N) is 2. The van der Waals surface area contributed by atoms with Gasteiger partial charge in [-0.15, -0.1) is 11.3 Å². The van der Waals surface area contributed by atoms with Gasteiger partial charge in [0.1, 0.15) is 16.2 Å². The number of aryl methyl sites for hydroxylation is 2. The molecule has 0 unspecified atom stereocenters. The molecule has 0 spiro atoms. The van der Waals surface area contributed by atoms with E-state index in [-0.39, 0.29) is 11.9 Å². The number of carbonyl (C=O) groups is 2. The fourth-order valence-corrected chi connectivity index (χ4v) is 3.34. The van der Waals surface area contributed by atoms with Gasteiger partial charge in [-0.25, -0.2) is 9.78 Å². The average molecular weight is 343 g/mol. The van der Waals surface area contributed by atoms with Crippen molar-refractivity contribution < 1.29 is 14.3 Å². The number of fused-ring (bicyclic) bond motifs is 1. The molecule has 0 aromatic carbocycles. The summed E-state index contributed by atoms with van der Waals surface area (Å²) in [5.74, 6) is -0.682. The van der Waals surface area contributed by atoms with Crippen LogP contribution >= 0.6 is 11.3 Å². The molecule has 0 bridgehead atoms.